The van der Waals surface area contributed by atoms with E-state index in [9.17, 15) is 13.7 Å². The lowest BCUT2D eigenvalue weighted by Crippen LogP contribution is -2.39. The van der Waals surface area contributed by atoms with Gasteiger partial charge in [0.05, 0.1) is 15.7 Å². The van der Waals surface area contributed by atoms with E-state index in [4.69, 9.17) is 0 Å². The number of benzene rings is 2. The summed E-state index contributed by atoms with van der Waals surface area (Å²) in [7, 11) is -5.04. The zero-order chi connectivity index (χ0) is 19.5. The second kappa shape index (κ2) is 8.18. The average Bonchev–Trinajstić information content (AvgIpc) is 2.59. The molecule has 2 aromatic rings. The van der Waals surface area contributed by atoms with Gasteiger partial charge in [-0.1, -0.05) is 50.2 Å². The van der Waals surface area contributed by atoms with Crippen LogP contribution in [0.3, 0.4) is 0 Å². The fraction of sp³-hybridized carbons (Fsp3) is 0.400. The number of hydrogen-bond donors (Lipinski definition) is 2. The molecule has 3 atom stereocenters. The normalized spacial score (nSPS) is 16.9. The van der Waals surface area contributed by atoms with Gasteiger partial charge in [-0.2, -0.15) is 0 Å². The fourth-order valence-electron chi connectivity index (χ4n) is 2.65. The minimum Gasteiger partial charge on any atom is -0.338 e. The molecule has 4 nitrogen and oxygen atoms in total. The number of rotatable bonds is 6. The van der Waals surface area contributed by atoms with Crippen LogP contribution in [0.15, 0.2) is 54.6 Å². The Morgan fingerprint density at radius 3 is 2.08 bits per heavy atom. The molecule has 0 saturated carbocycles. The first-order valence-electron chi connectivity index (χ1n) is 8.71. The minimum absolute atomic E-state index is 0.0956. The van der Waals surface area contributed by atoms with Crippen molar-refractivity contribution in [2.45, 2.75) is 45.4 Å². The molecule has 6 heteroatoms. The highest BCUT2D eigenvalue weighted by Gasteiger charge is 2.32. The van der Waals surface area contributed by atoms with E-state index < -0.39 is 23.1 Å². The molecular formula is C20H28NO3PS. The van der Waals surface area contributed by atoms with Crippen molar-refractivity contribution >= 4 is 29.0 Å². The molecule has 0 radical (unpaired) electrons. The van der Waals surface area contributed by atoms with Gasteiger partial charge in [-0.15, -0.1) is 0 Å². The zero-order valence-corrected chi connectivity index (χ0v) is 17.7. The summed E-state index contributed by atoms with van der Waals surface area (Å²) < 4.78 is 28.7. The summed E-state index contributed by atoms with van der Waals surface area (Å²) in [5.41, 5.74) is 0.717. The Balaban J connectivity index is 2.53. The monoisotopic (exact) mass is 393 g/mol. The Morgan fingerprint density at radius 1 is 1.00 bits per heavy atom. The predicted molar refractivity (Wildman–Crippen MR) is 111 cm³/mol. The molecule has 142 valence electrons. The van der Waals surface area contributed by atoms with Crippen LogP contribution in [-0.4, -0.2) is 13.8 Å². The quantitative estimate of drug-likeness (QED) is 0.736. The molecule has 0 aliphatic carbocycles. The first-order chi connectivity index (χ1) is 12.0. The third-order valence-corrected chi connectivity index (χ3v) is 7.80. The molecule has 2 N–H and O–H groups in total. The van der Waals surface area contributed by atoms with Gasteiger partial charge in [-0.05, 0) is 50.5 Å². The Kier molecular flexibility index (Phi) is 6.62. The van der Waals surface area contributed by atoms with Crippen molar-refractivity contribution in [3.63, 3.8) is 0 Å². The maximum atomic E-state index is 13.3. The second-order valence-electron chi connectivity index (χ2n) is 7.69. The molecule has 0 saturated heterocycles. The van der Waals surface area contributed by atoms with E-state index in [0.29, 0.717) is 10.6 Å². The molecule has 0 fully saturated rings. The van der Waals surface area contributed by atoms with E-state index in [1.54, 1.807) is 36.4 Å². The first-order valence-corrected chi connectivity index (χ1v) is 11.5. The summed E-state index contributed by atoms with van der Waals surface area (Å²) in [6, 6.07) is 15.5. The van der Waals surface area contributed by atoms with Gasteiger partial charge in [-0.25, -0.2) is 8.93 Å². The average molecular weight is 393 g/mol. The van der Waals surface area contributed by atoms with E-state index in [2.05, 4.69) is 4.72 Å². The molecule has 2 unspecified atom stereocenters. The number of hydrogen-bond acceptors (Lipinski definition) is 2. The van der Waals surface area contributed by atoms with Crippen LogP contribution in [0.4, 0.5) is 0 Å². The van der Waals surface area contributed by atoms with E-state index in [0.717, 1.165) is 5.56 Å². The number of nitrogens with one attached hydrogen (secondary N) is 1. The van der Waals surface area contributed by atoms with Gasteiger partial charge in [-0.3, -0.25) is 4.57 Å². The SMILES string of the molecule is CC(C)C(N[S@](=O)C(C)(C)C)c1ccccc1P(=O)(O)c1ccccc1. The molecule has 0 aromatic heterocycles. The van der Waals surface area contributed by atoms with E-state index in [1.807, 2.05) is 52.8 Å². The lowest BCUT2D eigenvalue weighted by Gasteiger charge is -2.29. The lowest BCUT2D eigenvalue weighted by atomic mass is 9.97. The molecule has 0 amide bonds. The predicted octanol–water partition coefficient (Wildman–Crippen LogP) is 3.66. The molecule has 26 heavy (non-hydrogen) atoms. The van der Waals surface area contributed by atoms with Gasteiger partial charge in [0.2, 0.25) is 0 Å². The minimum atomic E-state index is -3.75. The third-order valence-electron chi connectivity index (χ3n) is 4.16. The van der Waals surface area contributed by atoms with Crippen molar-refractivity contribution in [2.75, 3.05) is 0 Å². The van der Waals surface area contributed by atoms with Crippen molar-refractivity contribution in [1.29, 1.82) is 0 Å². The molecule has 0 aliphatic heterocycles. The van der Waals surface area contributed by atoms with Crippen LogP contribution in [0.5, 0.6) is 0 Å². The highest BCUT2D eigenvalue weighted by atomic mass is 32.2. The van der Waals surface area contributed by atoms with Crippen LogP contribution in [0, 0.1) is 5.92 Å². The maximum Gasteiger partial charge on any atom is 0.259 e. The molecule has 0 heterocycles. The van der Waals surface area contributed by atoms with Crippen LogP contribution < -0.4 is 15.3 Å². The van der Waals surface area contributed by atoms with E-state index in [1.165, 1.54) is 0 Å². The maximum absolute atomic E-state index is 13.3. The summed E-state index contributed by atoms with van der Waals surface area (Å²) in [5.74, 6) is 0.0956. The summed E-state index contributed by atoms with van der Waals surface area (Å²) in [4.78, 5) is 10.9. The van der Waals surface area contributed by atoms with E-state index in [-0.39, 0.29) is 12.0 Å². The third kappa shape index (κ3) is 4.72. The molecule has 2 aromatic carbocycles. The van der Waals surface area contributed by atoms with Crippen molar-refractivity contribution in [2.24, 2.45) is 5.92 Å². The van der Waals surface area contributed by atoms with Crippen LogP contribution in [0.1, 0.15) is 46.2 Å². The van der Waals surface area contributed by atoms with Crippen LogP contribution in [0.2, 0.25) is 0 Å². The topological polar surface area (TPSA) is 66.4 Å². The Hall–Kier alpha value is -1.26. The van der Waals surface area contributed by atoms with Gasteiger partial charge in [0.25, 0.3) is 7.37 Å². The van der Waals surface area contributed by atoms with Crippen LogP contribution in [0.25, 0.3) is 0 Å². The highest BCUT2D eigenvalue weighted by molar-refractivity contribution is 7.84. The summed E-state index contributed by atoms with van der Waals surface area (Å²) in [5, 5.41) is 0.787. The van der Waals surface area contributed by atoms with Gasteiger partial charge >= 0.3 is 0 Å². The van der Waals surface area contributed by atoms with Crippen molar-refractivity contribution in [3.8, 4) is 0 Å². The first kappa shape index (κ1) is 21.0. The van der Waals surface area contributed by atoms with Crippen molar-refractivity contribution in [1.82, 2.24) is 4.72 Å². The van der Waals surface area contributed by atoms with Gasteiger partial charge in [0.1, 0.15) is 0 Å². The van der Waals surface area contributed by atoms with E-state index >= 15 is 0 Å². The van der Waals surface area contributed by atoms with Gasteiger partial charge < -0.3 is 4.89 Å². The molecule has 0 bridgehead atoms. The largest absolute Gasteiger partial charge is 0.338 e. The van der Waals surface area contributed by atoms with Gasteiger partial charge in [0, 0.05) is 16.7 Å². The van der Waals surface area contributed by atoms with Crippen LogP contribution >= 0.6 is 7.37 Å². The summed E-state index contributed by atoms with van der Waals surface area (Å²) >= 11 is 0. The Labute approximate surface area is 159 Å². The fourth-order valence-corrected chi connectivity index (χ4v) is 5.34. The Bertz CT molecular complexity index is 815. The summed E-state index contributed by atoms with van der Waals surface area (Å²) in [6.07, 6.45) is 0. The standard InChI is InChI=1S/C20H28NO3PS/c1-15(2)19(21-26(24)20(3,4)5)17-13-9-10-14-18(17)25(22,23)16-11-7-6-8-12-16/h6-15,19,21H,1-5H3,(H,22,23)/t19?,26-/m1/s1. The second-order valence-corrected chi connectivity index (χ2v) is 11.8. The molecular weight excluding hydrogens is 365 g/mol. The Morgan fingerprint density at radius 2 is 1.54 bits per heavy atom. The smallest absolute Gasteiger partial charge is 0.259 e. The lowest BCUT2D eigenvalue weighted by molar-refractivity contribution is 0.471. The highest BCUT2D eigenvalue weighted by Crippen LogP contribution is 2.41. The molecule has 2 rings (SSSR count). The van der Waals surface area contributed by atoms with Gasteiger partial charge in [0.15, 0.2) is 0 Å². The van der Waals surface area contributed by atoms with Crippen LogP contribution in [-0.2, 0) is 15.6 Å². The zero-order valence-electron chi connectivity index (χ0n) is 16.0. The van der Waals surface area contributed by atoms with Crippen molar-refractivity contribution < 1.29 is 13.7 Å². The molecule has 0 aliphatic rings. The van der Waals surface area contributed by atoms with Crippen molar-refractivity contribution in [3.05, 3.63) is 60.2 Å². The molecule has 0 spiro atoms. The summed E-state index contributed by atoms with van der Waals surface area (Å²) in [6.45, 7) is 9.74.